The van der Waals surface area contributed by atoms with Gasteiger partial charge in [0.15, 0.2) is 5.65 Å². The van der Waals surface area contributed by atoms with Crippen molar-refractivity contribution in [1.82, 2.24) is 19.3 Å². The molecule has 0 atom stereocenters. The zero-order valence-electron chi connectivity index (χ0n) is 13.7. The molecule has 0 unspecified atom stereocenters. The summed E-state index contributed by atoms with van der Waals surface area (Å²) in [6.07, 6.45) is 3.13. The Labute approximate surface area is 143 Å². The van der Waals surface area contributed by atoms with Crippen LogP contribution < -0.4 is 10.3 Å². The third-order valence-corrected chi connectivity index (χ3v) is 4.07. The maximum absolute atomic E-state index is 12.7. The van der Waals surface area contributed by atoms with E-state index < -0.39 is 0 Å². The Kier molecular flexibility index (Phi) is 3.78. The number of nitrogens with zero attached hydrogens (tertiary/aromatic N) is 4. The fourth-order valence-corrected chi connectivity index (χ4v) is 2.75. The molecular weight excluding hydrogens is 316 g/mol. The number of hydrogen-bond donors (Lipinski definition) is 0. The maximum atomic E-state index is 12.7. The standard InChI is InChI=1S/C19H16N4O2/c1-25-16-9-7-15(8-10-16)23-18-17(11-21-23)19(24)22(13-20-18)12-14-5-3-2-4-6-14/h2-11,13H,12H2,1H3. The molecule has 0 spiro atoms. The summed E-state index contributed by atoms with van der Waals surface area (Å²) >= 11 is 0. The Morgan fingerprint density at radius 3 is 2.52 bits per heavy atom. The lowest BCUT2D eigenvalue weighted by Crippen LogP contribution is -2.21. The molecule has 0 aliphatic carbocycles. The van der Waals surface area contributed by atoms with Gasteiger partial charge >= 0.3 is 0 Å². The van der Waals surface area contributed by atoms with E-state index in [0.717, 1.165) is 17.0 Å². The van der Waals surface area contributed by atoms with Gasteiger partial charge in [0.25, 0.3) is 5.56 Å². The molecule has 0 aliphatic rings. The quantitative estimate of drug-likeness (QED) is 0.576. The summed E-state index contributed by atoms with van der Waals surface area (Å²) < 4.78 is 8.42. The van der Waals surface area contributed by atoms with E-state index >= 15 is 0 Å². The lowest BCUT2D eigenvalue weighted by Gasteiger charge is -2.07. The summed E-state index contributed by atoms with van der Waals surface area (Å²) in [7, 11) is 1.62. The highest BCUT2D eigenvalue weighted by atomic mass is 16.5. The largest absolute Gasteiger partial charge is 0.497 e. The second-order valence-corrected chi connectivity index (χ2v) is 5.65. The highest BCUT2D eigenvalue weighted by Crippen LogP contribution is 2.17. The molecule has 2 heterocycles. The van der Waals surface area contributed by atoms with Crippen molar-refractivity contribution in [2.24, 2.45) is 0 Å². The smallest absolute Gasteiger partial charge is 0.264 e. The van der Waals surface area contributed by atoms with Crippen LogP contribution in [0.3, 0.4) is 0 Å². The first-order valence-electron chi connectivity index (χ1n) is 7.88. The first kappa shape index (κ1) is 15.1. The van der Waals surface area contributed by atoms with E-state index in [2.05, 4.69) is 10.1 Å². The molecule has 0 bridgehead atoms. The van der Waals surface area contributed by atoms with Crippen LogP contribution in [-0.2, 0) is 6.54 Å². The van der Waals surface area contributed by atoms with Gasteiger partial charge in [-0.25, -0.2) is 9.67 Å². The predicted octanol–water partition coefficient (Wildman–Crippen LogP) is 2.64. The third-order valence-electron chi connectivity index (χ3n) is 4.07. The molecule has 0 saturated carbocycles. The average Bonchev–Trinajstić information content (AvgIpc) is 3.10. The van der Waals surface area contributed by atoms with Crippen LogP contribution in [0.1, 0.15) is 5.56 Å². The molecule has 6 nitrogen and oxygen atoms in total. The van der Waals surface area contributed by atoms with Crippen LogP contribution in [0.25, 0.3) is 16.7 Å². The van der Waals surface area contributed by atoms with E-state index in [1.807, 2.05) is 54.6 Å². The van der Waals surface area contributed by atoms with Crippen LogP contribution >= 0.6 is 0 Å². The van der Waals surface area contributed by atoms with Crippen molar-refractivity contribution < 1.29 is 4.74 Å². The number of rotatable bonds is 4. The van der Waals surface area contributed by atoms with Crippen LogP contribution in [0.2, 0.25) is 0 Å². The van der Waals surface area contributed by atoms with Gasteiger partial charge in [-0.05, 0) is 29.8 Å². The zero-order chi connectivity index (χ0) is 17.2. The Bertz CT molecular complexity index is 1070. The number of benzene rings is 2. The molecule has 4 aromatic rings. The maximum Gasteiger partial charge on any atom is 0.264 e. The van der Waals surface area contributed by atoms with Gasteiger partial charge < -0.3 is 4.74 Å². The summed E-state index contributed by atoms with van der Waals surface area (Å²) in [6, 6.07) is 17.3. The lowest BCUT2D eigenvalue weighted by atomic mass is 10.2. The average molecular weight is 332 g/mol. The van der Waals surface area contributed by atoms with Crippen molar-refractivity contribution in [3.05, 3.63) is 83.0 Å². The molecule has 2 aromatic heterocycles. The van der Waals surface area contributed by atoms with Gasteiger partial charge in [-0.3, -0.25) is 9.36 Å². The summed E-state index contributed by atoms with van der Waals surface area (Å²) in [6.45, 7) is 0.482. The van der Waals surface area contributed by atoms with Crippen LogP contribution in [0.5, 0.6) is 5.75 Å². The van der Waals surface area contributed by atoms with Gasteiger partial charge in [0.2, 0.25) is 0 Å². The summed E-state index contributed by atoms with van der Waals surface area (Å²) in [5, 5.41) is 4.82. The van der Waals surface area contributed by atoms with Crippen LogP contribution in [-0.4, -0.2) is 26.4 Å². The first-order valence-corrected chi connectivity index (χ1v) is 7.88. The van der Waals surface area contributed by atoms with Gasteiger partial charge in [-0.1, -0.05) is 30.3 Å². The molecule has 124 valence electrons. The highest BCUT2D eigenvalue weighted by molar-refractivity contribution is 5.75. The molecule has 0 radical (unpaired) electrons. The summed E-state index contributed by atoms with van der Waals surface area (Å²) in [5.41, 5.74) is 2.31. The second kappa shape index (κ2) is 6.24. The number of fused-ring (bicyclic) bond motifs is 1. The Morgan fingerprint density at radius 1 is 1.04 bits per heavy atom. The number of ether oxygens (including phenoxy) is 1. The Balaban J connectivity index is 1.75. The van der Waals surface area contributed by atoms with Crippen molar-refractivity contribution >= 4 is 11.0 Å². The monoisotopic (exact) mass is 332 g/mol. The van der Waals surface area contributed by atoms with Crippen molar-refractivity contribution in [3.8, 4) is 11.4 Å². The van der Waals surface area contributed by atoms with Crippen LogP contribution in [0.4, 0.5) is 0 Å². The van der Waals surface area contributed by atoms with Crippen molar-refractivity contribution in [2.45, 2.75) is 6.54 Å². The minimum absolute atomic E-state index is 0.103. The van der Waals surface area contributed by atoms with Crippen molar-refractivity contribution in [3.63, 3.8) is 0 Å². The molecular formula is C19H16N4O2. The van der Waals surface area contributed by atoms with Crippen molar-refractivity contribution in [1.29, 1.82) is 0 Å². The molecule has 0 amide bonds. The van der Waals surface area contributed by atoms with Gasteiger partial charge in [0.05, 0.1) is 25.5 Å². The van der Waals surface area contributed by atoms with Gasteiger partial charge in [-0.2, -0.15) is 5.10 Å². The van der Waals surface area contributed by atoms with E-state index in [-0.39, 0.29) is 5.56 Å². The molecule has 6 heteroatoms. The number of methoxy groups -OCH3 is 1. The molecule has 4 rings (SSSR count). The van der Waals surface area contributed by atoms with Gasteiger partial charge in [0.1, 0.15) is 17.5 Å². The minimum atomic E-state index is -0.103. The summed E-state index contributed by atoms with van der Waals surface area (Å²) in [5.74, 6) is 0.762. The number of aromatic nitrogens is 4. The van der Waals surface area contributed by atoms with E-state index in [0.29, 0.717) is 17.6 Å². The predicted molar refractivity (Wildman–Crippen MR) is 95.2 cm³/mol. The zero-order valence-corrected chi connectivity index (χ0v) is 13.7. The van der Waals surface area contributed by atoms with E-state index in [1.165, 1.54) is 0 Å². The molecule has 0 aliphatic heterocycles. The highest BCUT2D eigenvalue weighted by Gasteiger charge is 2.11. The fraction of sp³-hybridized carbons (Fsp3) is 0.105. The van der Waals surface area contributed by atoms with Crippen molar-refractivity contribution in [2.75, 3.05) is 7.11 Å². The normalized spacial score (nSPS) is 10.9. The van der Waals surface area contributed by atoms with Crippen LogP contribution in [0.15, 0.2) is 71.9 Å². The SMILES string of the molecule is COc1ccc(-n2ncc3c(=O)n(Cc4ccccc4)cnc32)cc1. The van der Waals surface area contributed by atoms with E-state index in [1.54, 1.807) is 28.9 Å². The van der Waals surface area contributed by atoms with Gasteiger partial charge in [-0.15, -0.1) is 0 Å². The minimum Gasteiger partial charge on any atom is -0.497 e. The van der Waals surface area contributed by atoms with Crippen LogP contribution in [0, 0.1) is 0 Å². The second-order valence-electron chi connectivity index (χ2n) is 5.65. The molecule has 0 fully saturated rings. The first-order chi connectivity index (χ1) is 12.3. The lowest BCUT2D eigenvalue weighted by molar-refractivity contribution is 0.414. The molecule has 0 N–H and O–H groups in total. The van der Waals surface area contributed by atoms with E-state index in [9.17, 15) is 4.79 Å². The Morgan fingerprint density at radius 2 is 1.80 bits per heavy atom. The topological polar surface area (TPSA) is 61.9 Å². The fourth-order valence-electron chi connectivity index (χ4n) is 2.75. The molecule has 25 heavy (non-hydrogen) atoms. The summed E-state index contributed by atoms with van der Waals surface area (Å²) in [4.78, 5) is 17.2. The Hall–Kier alpha value is -3.41. The molecule has 0 saturated heterocycles. The number of hydrogen-bond acceptors (Lipinski definition) is 4. The van der Waals surface area contributed by atoms with Gasteiger partial charge in [0, 0.05) is 0 Å². The van der Waals surface area contributed by atoms with E-state index in [4.69, 9.17) is 4.74 Å². The molecule has 2 aromatic carbocycles. The third kappa shape index (κ3) is 2.78.